The van der Waals surface area contributed by atoms with E-state index in [4.69, 9.17) is 22.9 Å². The average molecular weight is 487 g/mol. The minimum atomic E-state index is -1.22. The first-order chi connectivity index (χ1) is 15.9. The highest BCUT2D eigenvalue weighted by atomic mass is 16.4. The topological polar surface area (TPSA) is 241 Å². The lowest BCUT2D eigenvalue weighted by atomic mass is 9.98. The molecular formula is C21H42N8O5. The summed E-state index contributed by atoms with van der Waals surface area (Å²) in [5.41, 5.74) is 21.9. The van der Waals surface area contributed by atoms with Crippen molar-refractivity contribution in [2.75, 3.05) is 13.1 Å². The highest BCUT2D eigenvalue weighted by molar-refractivity contribution is 5.93. The number of carboxylic acids is 1. The van der Waals surface area contributed by atoms with Gasteiger partial charge in [0.25, 0.3) is 0 Å². The molecule has 0 aromatic heterocycles. The van der Waals surface area contributed by atoms with E-state index in [0.29, 0.717) is 38.6 Å². The number of hydrogen-bond acceptors (Lipinski definition) is 7. The fourth-order valence-electron chi connectivity index (χ4n) is 2.98. The van der Waals surface area contributed by atoms with Gasteiger partial charge in [-0.1, -0.05) is 20.3 Å². The molecule has 0 aromatic carbocycles. The SMILES string of the molecule is CCC(C)C(N)C(=O)NC(CCCCN)C(=O)NC(C)C(=O)NC(CCCN=C(N)N)C(=O)O. The molecule has 0 aliphatic rings. The summed E-state index contributed by atoms with van der Waals surface area (Å²) in [7, 11) is 0. The van der Waals surface area contributed by atoms with Crippen LogP contribution in [-0.4, -0.2) is 72.0 Å². The zero-order valence-corrected chi connectivity index (χ0v) is 20.4. The number of nitrogens with one attached hydrogen (secondary N) is 3. The van der Waals surface area contributed by atoms with Crippen molar-refractivity contribution in [3.63, 3.8) is 0 Å². The molecule has 0 rings (SSSR count). The van der Waals surface area contributed by atoms with Crippen molar-refractivity contribution in [1.29, 1.82) is 0 Å². The Balaban J connectivity index is 5.07. The molecule has 34 heavy (non-hydrogen) atoms. The second-order valence-electron chi connectivity index (χ2n) is 8.34. The Kier molecular flexibility index (Phi) is 15.2. The third-order valence-corrected chi connectivity index (χ3v) is 5.45. The van der Waals surface area contributed by atoms with E-state index in [0.717, 1.165) is 0 Å². The molecule has 0 fully saturated rings. The second kappa shape index (κ2) is 16.6. The maximum atomic E-state index is 12.8. The Morgan fingerprint density at radius 1 is 0.882 bits per heavy atom. The molecule has 0 saturated heterocycles. The number of rotatable bonds is 17. The van der Waals surface area contributed by atoms with Crippen LogP contribution in [0.25, 0.3) is 0 Å². The predicted molar refractivity (Wildman–Crippen MR) is 129 cm³/mol. The largest absolute Gasteiger partial charge is 0.480 e. The molecule has 5 atom stereocenters. The third-order valence-electron chi connectivity index (χ3n) is 5.45. The maximum absolute atomic E-state index is 12.8. The van der Waals surface area contributed by atoms with E-state index >= 15 is 0 Å². The van der Waals surface area contributed by atoms with E-state index in [1.165, 1.54) is 6.92 Å². The fourth-order valence-corrected chi connectivity index (χ4v) is 2.98. The number of hydrogen-bond donors (Lipinski definition) is 8. The minimum Gasteiger partial charge on any atom is -0.480 e. The number of carbonyl (C=O) groups is 4. The fraction of sp³-hybridized carbons (Fsp3) is 0.762. The maximum Gasteiger partial charge on any atom is 0.326 e. The first-order valence-electron chi connectivity index (χ1n) is 11.6. The van der Waals surface area contributed by atoms with Crippen LogP contribution < -0.4 is 38.9 Å². The van der Waals surface area contributed by atoms with Gasteiger partial charge in [-0.05, 0) is 51.5 Å². The number of carbonyl (C=O) groups excluding carboxylic acids is 3. The molecule has 0 aromatic rings. The van der Waals surface area contributed by atoms with Crippen molar-refractivity contribution in [3.05, 3.63) is 0 Å². The van der Waals surface area contributed by atoms with Gasteiger partial charge in [-0.2, -0.15) is 0 Å². The number of aliphatic carboxylic acids is 1. The number of guanidine groups is 1. The van der Waals surface area contributed by atoms with Gasteiger partial charge >= 0.3 is 5.97 Å². The van der Waals surface area contributed by atoms with Gasteiger partial charge in [0.1, 0.15) is 18.1 Å². The van der Waals surface area contributed by atoms with Crippen molar-refractivity contribution in [3.8, 4) is 0 Å². The standard InChI is InChI=1S/C21H42N8O5/c1-4-12(2)16(23)19(32)28-14(8-5-6-10-22)18(31)27-13(3)17(30)29-15(20(33)34)9-7-11-26-21(24)25/h12-16H,4-11,22-23H2,1-3H3,(H,27,31)(H,28,32)(H,29,30)(H,33,34)(H4,24,25,26). The average Bonchev–Trinajstić information content (AvgIpc) is 2.78. The molecule has 5 unspecified atom stereocenters. The molecule has 0 bridgehead atoms. The van der Waals surface area contributed by atoms with Crippen LogP contribution in [0.2, 0.25) is 0 Å². The number of aliphatic imine (C=N–C) groups is 1. The van der Waals surface area contributed by atoms with Gasteiger partial charge in [0.15, 0.2) is 5.96 Å². The molecule has 196 valence electrons. The van der Waals surface area contributed by atoms with Crippen LogP contribution in [0.4, 0.5) is 0 Å². The van der Waals surface area contributed by atoms with Crippen LogP contribution in [-0.2, 0) is 19.2 Å². The Bertz CT molecular complexity index is 699. The van der Waals surface area contributed by atoms with Crippen LogP contribution in [0.1, 0.15) is 59.3 Å². The number of nitrogens with two attached hydrogens (primary N) is 4. The molecule has 0 aliphatic heterocycles. The minimum absolute atomic E-state index is 0.0719. The van der Waals surface area contributed by atoms with Crippen LogP contribution in [0.3, 0.4) is 0 Å². The van der Waals surface area contributed by atoms with Gasteiger partial charge in [-0.15, -0.1) is 0 Å². The van der Waals surface area contributed by atoms with Crippen LogP contribution in [0.5, 0.6) is 0 Å². The molecule has 0 heterocycles. The highest BCUT2D eigenvalue weighted by Gasteiger charge is 2.29. The quantitative estimate of drug-likeness (QED) is 0.0649. The van der Waals surface area contributed by atoms with Crippen molar-refractivity contribution in [2.24, 2.45) is 33.8 Å². The lowest BCUT2D eigenvalue weighted by molar-refractivity contribution is -0.142. The number of carboxylic acid groups (broad SMARTS) is 1. The Hall–Kier alpha value is -2.93. The van der Waals surface area contributed by atoms with E-state index in [1.54, 1.807) is 0 Å². The Morgan fingerprint density at radius 3 is 2.00 bits per heavy atom. The molecule has 13 heteroatoms. The van der Waals surface area contributed by atoms with Crippen LogP contribution in [0.15, 0.2) is 4.99 Å². The number of nitrogens with zero attached hydrogens (tertiary/aromatic N) is 1. The van der Waals surface area contributed by atoms with Gasteiger partial charge in [-0.25, -0.2) is 4.79 Å². The smallest absolute Gasteiger partial charge is 0.326 e. The highest BCUT2D eigenvalue weighted by Crippen LogP contribution is 2.08. The summed E-state index contributed by atoms with van der Waals surface area (Å²) in [6.45, 7) is 5.84. The molecule has 0 aliphatic carbocycles. The summed E-state index contributed by atoms with van der Waals surface area (Å²) in [4.78, 5) is 53.0. The molecule has 13 nitrogen and oxygen atoms in total. The molecule has 3 amide bonds. The van der Waals surface area contributed by atoms with Crippen molar-refractivity contribution >= 4 is 29.7 Å². The normalized spacial score (nSPS) is 15.2. The van der Waals surface area contributed by atoms with Crippen LogP contribution >= 0.6 is 0 Å². The summed E-state index contributed by atoms with van der Waals surface area (Å²) in [5.74, 6) is -3.09. The number of amides is 3. The van der Waals surface area contributed by atoms with E-state index in [-0.39, 0.29) is 24.8 Å². The van der Waals surface area contributed by atoms with Crippen molar-refractivity contribution in [2.45, 2.75) is 83.5 Å². The van der Waals surface area contributed by atoms with Gasteiger partial charge in [0.05, 0.1) is 6.04 Å². The summed E-state index contributed by atoms with van der Waals surface area (Å²) in [5, 5.41) is 17.0. The monoisotopic (exact) mass is 486 g/mol. The lowest BCUT2D eigenvalue weighted by Crippen LogP contribution is -2.56. The van der Waals surface area contributed by atoms with Gasteiger partial charge < -0.3 is 44.0 Å². The molecular weight excluding hydrogens is 444 g/mol. The van der Waals surface area contributed by atoms with Crippen LogP contribution in [0, 0.1) is 5.92 Å². The first kappa shape index (κ1) is 31.1. The van der Waals surface area contributed by atoms with E-state index in [1.807, 2.05) is 13.8 Å². The zero-order chi connectivity index (χ0) is 26.3. The molecule has 0 spiro atoms. The summed E-state index contributed by atoms with van der Waals surface area (Å²) < 4.78 is 0. The predicted octanol–water partition coefficient (Wildman–Crippen LogP) is -1.90. The van der Waals surface area contributed by atoms with Gasteiger partial charge in [0.2, 0.25) is 17.7 Å². The Labute approximate surface area is 200 Å². The second-order valence-corrected chi connectivity index (χ2v) is 8.34. The van der Waals surface area contributed by atoms with E-state index in [9.17, 15) is 24.3 Å². The van der Waals surface area contributed by atoms with E-state index < -0.39 is 47.9 Å². The zero-order valence-electron chi connectivity index (χ0n) is 20.4. The van der Waals surface area contributed by atoms with Gasteiger partial charge in [-0.3, -0.25) is 19.4 Å². The summed E-state index contributed by atoms with van der Waals surface area (Å²) in [6.07, 6.45) is 2.70. The van der Waals surface area contributed by atoms with Crippen molar-refractivity contribution in [1.82, 2.24) is 16.0 Å². The Morgan fingerprint density at radius 2 is 1.47 bits per heavy atom. The number of unbranched alkanes of at least 4 members (excludes halogenated alkanes) is 1. The van der Waals surface area contributed by atoms with Crippen molar-refractivity contribution < 1.29 is 24.3 Å². The summed E-state index contributed by atoms with van der Waals surface area (Å²) in [6, 6.07) is -3.89. The summed E-state index contributed by atoms with van der Waals surface area (Å²) >= 11 is 0. The first-order valence-corrected chi connectivity index (χ1v) is 11.6. The molecule has 0 radical (unpaired) electrons. The lowest BCUT2D eigenvalue weighted by Gasteiger charge is -2.25. The van der Waals surface area contributed by atoms with E-state index in [2.05, 4.69) is 20.9 Å². The third kappa shape index (κ3) is 12.3. The molecule has 0 saturated carbocycles. The molecule has 12 N–H and O–H groups in total. The van der Waals surface area contributed by atoms with Gasteiger partial charge in [0, 0.05) is 6.54 Å².